The Morgan fingerprint density at radius 2 is 0.967 bits per heavy atom. The minimum Gasteiger partial charge on any atom is -0.308 e. The zero-order valence-corrected chi connectivity index (χ0v) is 37.4. The zero-order chi connectivity index (χ0) is 42.4. The van der Waals surface area contributed by atoms with Gasteiger partial charge < -0.3 is 8.80 Å². The van der Waals surface area contributed by atoms with E-state index >= 15 is 0 Å². The van der Waals surface area contributed by atoms with Gasteiger partial charge in [-0.1, -0.05) is 72.7 Å². The Balaban J connectivity index is 1.27. The van der Waals surface area contributed by atoms with Crippen LogP contribution in [0.5, 0.6) is 0 Å². The normalized spacial score (nSPS) is 16.5. The standard InChI is InChI=1S/C57H54N2O2/c1-11-56(12-2)27-32-19-37-39-21-34(55(8,9)10)22-40-38-25-47-42(26-45(38)58(51(39)40)44(37)23-35(32)53(56)60)49-31(7)18-43(48-29(5)16-15-17-30(48)6)50-41-20-33-28-57(13-3,14-4)54(61)36(33)24-46(41)59(47)52(49)50/h15-26H,11-14,27-28H2,1-10H3. The predicted molar refractivity (Wildman–Crippen MR) is 256 cm³/mol. The van der Waals surface area contributed by atoms with E-state index in [0.717, 1.165) is 60.7 Å². The van der Waals surface area contributed by atoms with E-state index in [4.69, 9.17) is 0 Å². The SMILES string of the molecule is CCC1(CC)Cc2cc3c4cc(C(C)(C)C)cc5c6cc7c(cc6n(c3cc2C1=O)c45)c1c(C)cc(-c2c(C)cccc2C)c2c3cc4c(cc3n7c12)C(=O)C(CC)(CC)C4. The van der Waals surface area contributed by atoms with Gasteiger partial charge in [-0.15, -0.1) is 0 Å². The van der Waals surface area contributed by atoms with Gasteiger partial charge in [0.25, 0.3) is 0 Å². The van der Waals surface area contributed by atoms with Crippen molar-refractivity contribution in [1.29, 1.82) is 0 Å². The lowest BCUT2D eigenvalue weighted by atomic mass is 9.79. The number of nitrogens with zero attached hydrogens (tertiary/aromatic N) is 2. The molecular weight excluding hydrogens is 745 g/mol. The van der Waals surface area contributed by atoms with Gasteiger partial charge >= 0.3 is 0 Å². The van der Waals surface area contributed by atoms with Gasteiger partial charge in [0.2, 0.25) is 0 Å². The molecule has 0 fully saturated rings. The Labute approximate surface area is 357 Å². The molecule has 0 saturated heterocycles. The second-order valence-corrected chi connectivity index (χ2v) is 20.4. The van der Waals surface area contributed by atoms with Crippen molar-refractivity contribution in [3.05, 3.63) is 117 Å². The average Bonchev–Trinajstić information content (AvgIpc) is 4.05. The molecule has 4 aromatic heterocycles. The number of carbonyl (C=O) groups excluding carboxylic acids is 2. The minimum atomic E-state index is -0.336. The molecule has 61 heavy (non-hydrogen) atoms. The van der Waals surface area contributed by atoms with Gasteiger partial charge in [0.05, 0.1) is 33.1 Å². The van der Waals surface area contributed by atoms with E-state index < -0.39 is 0 Å². The molecule has 12 rings (SSSR count). The molecule has 0 atom stereocenters. The van der Waals surface area contributed by atoms with E-state index in [0.29, 0.717) is 11.6 Å². The van der Waals surface area contributed by atoms with E-state index in [9.17, 15) is 9.59 Å². The number of ketones is 2. The number of hydrogen-bond acceptors (Lipinski definition) is 2. The highest BCUT2D eigenvalue weighted by Crippen LogP contribution is 2.52. The first-order valence-electron chi connectivity index (χ1n) is 22.8. The van der Waals surface area contributed by atoms with Gasteiger partial charge in [0.1, 0.15) is 0 Å². The number of fused-ring (bicyclic) bond motifs is 14. The molecule has 0 spiro atoms. The molecule has 0 radical (unpaired) electrons. The van der Waals surface area contributed by atoms with E-state index in [2.05, 4.69) is 151 Å². The lowest BCUT2D eigenvalue weighted by Gasteiger charge is -2.23. The third-order valence-corrected chi connectivity index (χ3v) is 16.5. The van der Waals surface area contributed by atoms with Crippen LogP contribution in [0.25, 0.3) is 87.3 Å². The van der Waals surface area contributed by atoms with Gasteiger partial charge in [0.15, 0.2) is 11.6 Å². The molecule has 0 bridgehead atoms. The molecule has 4 nitrogen and oxygen atoms in total. The highest BCUT2D eigenvalue weighted by molar-refractivity contribution is 6.32. The van der Waals surface area contributed by atoms with E-state index in [1.165, 1.54) is 110 Å². The number of rotatable bonds is 5. The predicted octanol–water partition coefficient (Wildman–Crippen LogP) is 15.0. The van der Waals surface area contributed by atoms with Crippen molar-refractivity contribution in [1.82, 2.24) is 8.80 Å². The largest absolute Gasteiger partial charge is 0.308 e. The molecule has 6 aromatic carbocycles. The molecule has 0 N–H and O–H groups in total. The number of hydrogen-bond donors (Lipinski definition) is 0. The molecule has 4 heteroatoms. The summed E-state index contributed by atoms with van der Waals surface area (Å²) in [7, 11) is 0. The minimum absolute atomic E-state index is 0.0653. The van der Waals surface area contributed by atoms with Crippen LogP contribution in [0.15, 0.2) is 72.8 Å². The van der Waals surface area contributed by atoms with Gasteiger partial charge in [-0.25, -0.2) is 0 Å². The van der Waals surface area contributed by atoms with Crippen molar-refractivity contribution in [3.63, 3.8) is 0 Å². The van der Waals surface area contributed by atoms with E-state index in [1.807, 2.05) is 0 Å². The van der Waals surface area contributed by atoms with Gasteiger partial charge in [-0.3, -0.25) is 9.59 Å². The van der Waals surface area contributed by atoms with Crippen LogP contribution >= 0.6 is 0 Å². The summed E-state index contributed by atoms with van der Waals surface area (Å²) < 4.78 is 5.00. The Bertz CT molecular complexity index is 3610. The number of aromatic nitrogens is 2. The second kappa shape index (κ2) is 11.8. The molecule has 0 saturated carbocycles. The fourth-order valence-electron chi connectivity index (χ4n) is 12.8. The van der Waals surface area contributed by atoms with Crippen molar-refractivity contribution in [2.24, 2.45) is 10.8 Å². The Morgan fingerprint density at radius 1 is 0.508 bits per heavy atom. The van der Waals surface area contributed by atoms with Crippen LogP contribution in [0.2, 0.25) is 0 Å². The maximum absolute atomic E-state index is 14.4. The van der Waals surface area contributed by atoms with Crippen LogP contribution in [-0.2, 0) is 18.3 Å². The van der Waals surface area contributed by atoms with Crippen LogP contribution in [-0.4, -0.2) is 20.4 Å². The third kappa shape index (κ3) is 4.36. The molecule has 304 valence electrons. The third-order valence-electron chi connectivity index (χ3n) is 16.5. The first kappa shape index (κ1) is 37.1. The first-order valence-corrected chi connectivity index (χ1v) is 22.8. The molecule has 0 aliphatic heterocycles. The van der Waals surface area contributed by atoms with E-state index in [1.54, 1.807) is 0 Å². The number of aryl methyl sites for hydroxylation is 3. The van der Waals surface area contributed by atoms with Gasteiger partial charge in [-0.2, -0.15) is 0 Å². The fraction of sp³-hybridized carbons (Fsp3) is 0.333. The molecule has 2 aliphatic rings. The number of benzene rings is 6. The van der Waals surface area contributed by atoms with Crippen LogP contribution in [0.3, 0.4) is 0 Å². The van der Waals surface area contributed by atoms with Gasteiger partial charge in [-0.05, 0) is 158 Å². The highest BCUT2D eigenvalue weighted by Gasteiger charge is 2.44. The quantitative estimate of drug-likeness (QED) is 0.174. The summed E-state index contributed by atoms with van der Waals surface area (Å²) in [5, 5.41) is 9.99. The summed E-state index contributed by atoms with van der Waals surface area (Å²) in [6, 6.07) is 28.1. The van der Waals surface area contributed by atoms with Crippen molar-refractivity contribution < 1.29 is 9.59 Å². The van der Waals surface area contributed by atoms with E-state index in [-0.39, 0.29) is 16.2 Å². The van der Waals surface area contributed by atoms with Crippen molar-refractivity contribution in [3.8, 4) is 11.1 Å². The van der Waals surface area contributed by atoms with Crippen molar-refractivity contribution in [2.45, 2.75) is 113 Å². The van der Waals surface area contributed by atoms with Crippen LogP contribution in [0.1, 0.15) is 128 Å². The summed E-state index contributed by atoms with van der Waals surface area (Å²) >= 11 is 0. The summed E-state index contributed by atoms with van der Waals surface area (Å²) in [6.07, 6.45) is 5.03. The highest BCUT2D eigenvalue weighted by atomic mass is 16.1. The van der Waals surface area contributed by atoms with Crippen LogP contribution in [0.4, 0.5) is 0 Å². The Hall–Kier alpha value is -5.74. The number of carbonyl (C=O) groups is 2. The lowest BCUT2D eigenvalue weighted by Crippen LogP contribution is -2.26. The molecule has 10 aromatic rings. The van der Waals surface area contributed by atoms with Crippen LogP contribution < -0.4 is 0 Å². The Kier molecular flexibility index (Phi) is 7.16. The summed E-state index contributed by atoms with van der Waals surface area (Å²) in [5.41, 5.74) is 18.2. The molecule has 2 aliphatic carbocycles. The maximum Gasteiger partial charge on any atom is 0.169 e. The topological polar surface area (TPSA) is 43.0 Å². The average molecular weight is 799 g/mol. The monoisotopic (exact) mass is 798 g/mol. The summed E-state index contributed by atoms with van der Waals surface area (Å²) in [4.78, 5) is 28.7. The van der Waals surface area contributed by atoms with Crippen LogP contribution in [0, 0.1) is 31.6 Å². The number of Topliss-reactive ketones (excluding diaryl/α,β-unsaturated/α-hetero) is 2. The lowest BCUT2D eigenvalue weighted by molar-refractivity contribution is 0.0799. The molecule has 4 heterocycles. The molecule has 0 unspecified atom stereocenters. The first-order chi connectivity index (χ1) is 29.2. The molecule has 0 amide bonds. The summed E-state index contributed by atoms with van der Waals surface area (Å²) in [6.45, 7) is 22.4. The smallest absolute Gasteiger partial charge is 0.169 e. The molecular formula is C57H54N2O2. The van der Waals surface area contributed by atoms with Gasteiger partial charge in [0, 0.05) is 65.0 Å². The van der Waals surface area contributed by atoms with Crippen molar-refractivity contribution in [2.75, 3.05) is 0 Å². The van der Waals surface area contributed by atoms with Crippen molar-refractivity contribution >= 4 is 87.8 Å². The maximum atomic E-state index is 14.4. The Morgan fingerprint density at radius 3 is 1.52 bits per heavy atom. The summed E-state index contributed by atoms with van der Waals surface area (Å²) in [5.74, 6) is 0.613. The second-order valence-electron chi connectivity index (χ2n) is 20.4. The fourth-order valence-corrected chi connectivity index (χ4v) is 12.8. The zero-order valence-electron chi connectivity index (χ0n) is 37.4.